The van der Waals surface area contributed by atoms with Gasteiger partial charge in [-0.25, -0.2) is 9.78 Å². The summed E-state index contributed by atoms with van der Waals surface area (Å²) in [5.74, 6) is 1.13. The van der Waals surface area contributed by atoms with Gasteiger partial charge in [0.15, 0.2) is 5.82 Å². The van der Waals surface area contributed by atoms with E-state index in [-0.39, 0.29) is 18.0 Å². The molecule has 4 N–H and O–H groups in total. The highest BCUT2D eigenvalue weighted by Gasteiger charge is 2.21. The average molecular weight is 406 g/mol. The van der Waals surface area contributed by atoms with Gasteiger partial charge in [-0.05, 0) is 44.0 Å². The first kappa shape index (κ1) is 21.0. The molecule has 0 fully saturated rings. The Morgan fingerprint density at radius 2 is 1.70 bits per heavy atom. The molecule has 0 bridgehead atoms. The van der Waals surface area contributed by atoms with Crippen LogP contribution in [0, 0.1) is 6.92 Å². The molecular weight excluding hydrogens is 380 g/mol. The van der Waals surface area contributed by atoms with Crippen LogP contribution < -0.4 is 16.0 Å². The topological polar surface area (TPSA) is 112 Å². The molecule has 8 heteroatoms. The van der Waals surface area contributed by atoms with Gasteiger partial charge in [-0.2, -0.15) is 5.10 Å². The Balaban J connectivity index is 1.65. The number of H-pyrrole nitrogens is 1. The zero-order chi connectivity index (χ0) is 21.5. The van der Waals surface area contributed by atoms with Crippen LogP contribution in [0.4, 0.5) is 10.5 Å². The first-order valence-electron chi connectivity index (χ1n) is 9.80. The lowest BCUT2D eigenvalue weighted by Gasteiger charge is -2.17. The number of aromatic amines is 1. The van der Waals surface area contributed by atoms with E-state index in [2.05, 4.69) is 31.1 Å². The molecule has 0 aliphatic carbocycles. The molecule has 0 spiro atoms. The van der Waals surface area contributed by atoms with Crippen molar-refractivity contribution in [3.05, 3.63) is 77.4 Å². The van der Waals surface area contributed by atoms with E-state index in [1.807, 2.05) is 63.2 Å². The zero-order valence-electron chi connectivity index (χ0n) is 17.3. The monoisotopic (exact) mass is 406 g/mol. The lowest BCUT2D eigenvalue weighted by molar-refractivity contribution is -0.120. The number of amides is 3. The summed E-state index contributed by atoms with van der Waals surface area (Å²) in [7, 11) is 0. The summed E-state index contributed by atoms with van der Waals surface area (Å²) in [6, 6.07) is 15.9. The summed E-state index contributed by atoms with van der Waals surface area (Å²) in [6.07, 6.45) is 0.297. The van der Waals surface area contributed by atoms with E-state index in [1.165, 1.54) is 0 Å². The summed E-state index contributed by atoms with van der Waals surface area (Å²) < 4.78 is 0. The fourth-order valence-corrected chi connectivity index (χ4v) is 2.99. The highest BCUT2D eigenvalue weighted by atomic mass is 16.2. The number of carbonyl (C=O) groups excluding carboxylic acids is 2. The van der Waals surface area contributed by atoms with Crippen LogP contribution in [0.25, 0.3) is 0 Å². The molecule has 156 valence electrons. The Kier molecular flexibility index (Phi) is 6.79. The van der Waals surface area contributed by atoms with Gasteiger partial charge in [0.1, 0.15) is 11.9 Å². The van der Waals surface area contributed by atoms with Crippen molar-refractivity contribution in [2.24, 2.45) is 0 Å². The van der Waals surface area contributed by atoms with Gasteiger partial charge in [-0.3, -0.25) is 9.89 Å². The van der Waals surface area contributed by atoms with Gasteiger partial charge in [0, 0.05) is 11.7 Å². The number of benzene rings is 2. The molecule has 0 aliphatic heterocycles. The zero-order valence-corrected chi connectivity index (χ0v) is 17.3. The summed E-state index contributed by atoms with van der Waals surface area (Å²) in [4.78, 5) is 28.8. The van der Waals surface area contributed by atoms with Crippen molar-refractivity contribution in [3.8, 4) is 0 Å². The van der Waals surface area contributed by atoms with Crippen molar-refractivity contribution in [3.63, 3.8) is 0 Å². The summed E-state index contributed by atoms with van der Waals surface area (Å²) in [5.41, 5.74) is 2.37. The molecule has 0 aliphatic rings. The van der Waals surface area contributed by atoms with Crippen molar-refractivity contribution in [1.29, 1.82) is 0 Å². The fraction of sp³-hybridized carbons (Fsp3) is 0.273. The van der Waals surface area contributed by atoms with Crippen molar-refractivity contribution in [1.82, 2.24) is 25.8 Å². The summed E-state index contributed by atoms with van der Waals surface area (Å²) in [6.45, 7) is 5.65. The second kappa shape index (κ2) is 9.69. The van der Waals surface area contributed by atoms with Crippen molar-refractivity contribution >= 4 is 17.6 Å². The number of hydrogen-bond acceptors (Lipinski definition) is 4. The molecule has 3 rings (SSSR count). The van der Waals surface area contributed by atoms with Crippen LogP contribution in [0.1, 0.15) is 42.7 Å². The van der Waals surface area contributed by atoms with Gasteiger partial charge in [0.2, 0.25) is 5.91 Å². The van der Waals surface area contributed by atoms with Gasteiger partial charge in [-0.15, -0.1) is 0 Å². The van der Waals surface area contributed by atoms with Gasteiger partial charge in [-0.1, -0.05) is 42.5 Å². The first-order valence-corrected chi connectivity index (χ1v) is 9.80. The SMILES string of the molecule is Cc1nc(C(NC(=O)Nc2ccc(CC(=O)NC(C)C)cc2)c2ccccc2)n[nH]1. The maximum Gasteiger partial charge on any atom is 0.320 e. The molecule has 1 heterocycles. The van der Waals surface area contributed by atoms with Crippen LogP contribution in [0.15, 0.2) is 54.6 Å². The van der Waals surface area contributed by atoms with Gasteiger partial charge < -0.3 is 16.0 Å². The van der Waals surface area contributed by atoms with Gasteiger partial charge in [0.25, 0.3) is 0 Å². The molecule has 30 heavy (non-hydrogen) atoms. The van der Waals surface area contributed by atoms with Crippen LogP contribution in [0.2, 0.25) is 0 Å². The number of hydrogen-bond donors (Lipinski definition) is 4. The molecule has 0 radical (unpaired) electrons. The van der Waals surface area contributed by atoms with Gasteiger partial charge in [0.05, 0.1) is 6.42 Å². The lowest BCUT2D eigenvalue weighted by atomic mass is 10.1. The van der Waals surface area contributed by atoms with E-state index in [0.717, 1.165) is 11.1 Å². The second-order valence-corrected chi connectivity index (χ2v) is 7.32. The van der Waals surface area contributed by atoms with Gasteiger partial charge >= 0.3 is 6.03 Å². The van der Waals surface area contributed by atoms with E-state index < -0.39 is 6.04 Å². The number of anilines is 1. The molecule has 8 nitrogen and oxygen atoms in total. The predicted octanol–water partition coefficient (Wildman–Crippen LogP) is 3.09. The quantitative estimate of drug-likeness (QED) is 0.483. The third kappa shape index (κ3) is 5.91. The molecule has 3 aromatic rings. The second-order valence-electron chi connectivity index (χ2n) is 7.32. The van der Waals surface area contributed by atoms with E-state index >= 15 is 0 Å². The number of urea groups is 1. The molecule has 1 unspecified atom stereocenters. The Bertz CT molecular complexity index is 982. The van der Waals surface area contributed by atoms with Crippen LogP contribution in [-0.4, -0.2) is 33.2 Å². The summed E-state index contributed by atoms with van der Waals surface area (Å²) >= 11 is 0. The van der Waals surface area contributed by atoms with Crippen LogP contribution >= 0.6 is 0 Å². The van der Waals surface area contributed by atoms with Crippen LogP contribution in [0.5, 0.6) is 0 Å². The third-order valence-electron chi connectivity index (χ3n) is 4.31. The van der Waals surface area contributed by atoms with Crippen molar-refractivity contribution in [2.75, 3.05) is 5.32 Å². The highest BCUT2D eigenvalue weighted by molar-refractivity contribution is 5.89. The largest absolute Gasteiger partial charge is 0.354 e. The minimum Gasteiger partial charge on any atom is -0.354 e. The highest BCUT2D eigenvalue weighted by Crippen LogP contribution is 2.19. The molecule has 0 saturated carbocycles. The predicted molar refractivity (Wildman–Crippen MR) is 115 cm³/mol. The fourth-order valence-electron chi connectivity index (χ4n) is 2.99. The molecule has 1 atom stereocenters. The van der Waals surface area contributed by atoms with Crippen molar-refractivity contribution < 1.29 is 9.59 Å². The molecular formula is C22H26N6O2. The average Bonchev–Trinajstić information content (AvgIpc) is 3.14. The molecule has 3 amide bonds. The van der Waals surface area contributed by atoms with Crippen LogP contribution in [0.3, 0.4) is 0 Å². The third-order valence-corrected chi connectivity index (χ3v) is 4.31. The maximum atomic E-state index is 12.6. The number of nitrogens with zero attached hydrogens (tertiary/aromatic N) is 2. The van der Waals surface area contributed by atoms with E-state index in [1.54, 1.807) is 12.1 Å². The van der Waals surface area contributed by atoms with Crippen LogP contribution in [-0.2, 0) is 11.2 Å². The number of aromatic nitrogens is 3. The Labute approximate surface area is 175 Å². The minimum absolute atomic E-state index is 0.0315. The van der Waals surface area contributed by atoms with E-state index in [4.69, 9.17) is 0 Å². The Hall–Kier alpha value is -3.68. The standard InChI is InChI=1S/C22H26N6O2/c1-14(2)23-19(29)13-16-9-11-18(12-10-16)25-22(30)26-20(17-7-5-4-6-8-17)21-24-15(3)27-28-21/h4-12,14,20H,13H2,1-3H3,(H,23,29)(H,24,27,28)(H2,25,26,30). The van der Waals surface area contributed by atoms with E-state index in [9.17, 15) is 9.59 Å². The normalized spacial score (nSPS) is 11.7. The smallest absolute Gasteiger partial charge is 0.320 e. The first-order chi connectivity index (χ1) is 14.4. The summed E-state index contributed by atoms with van der Waals surface area (Å²) in [5, 5.41) is 15.6. The number of rotatable bonds is 7. The maximum absolute atomic E-state index is 12.6. The molecule has 2 aromatic carbocycles. The Morgan fingerprint density at radius 1 is 1.00 bits per heavy atom. The molecule has 0 saturated heterocycles. The number of carbonyl (C=O) groups is 2. The minimum atomic E-state index is -0.491. The lowest BCUT2D eigenvalue weighted by Crippen LogP contribution is -2.33. The van der Waals surface area contributed by atoms with Crippen molar-refractivity contribution in [2.45, 2.75) is 39.3 Å². The number of nitrogens with one attached hydrogen (secondary N) is 4. The Morgan fingerprint density at radius 3 is 2.30 bits per heavy atom. The van der Waals surface area contributed by atoms with E-state index in [0.29, 0.717) is 23.8 Å². The number of aryl methyl sites for hydroxylation is 1. The molecule has 1 aromatic heterocycles.